The molecule has 0 aromatic heterocycles. The first-order valence-electron chi connectivity index (χ1n) is 6.62. The summed E-state index contributed by atoms with van der Waals surface area (Å²) in [5.41, 5.74) is 0. The van der Waals surface area contributed by atoms with Crippen LogP contribution in [0.15, 0.2) is 0 Å². The van der Waals surface area contributed by atoms with E-state index in [-0.39, 0.29) is 42.5 Å². The number of rotatable bonds is 10. The third-order valence-electron chi connectivity index (χ3n) is 2.82. The molecule has 19 heavy (non-hydrogen) atoms. The summed E-state index contributed by atoms with van der Waals surface area (Å²) < 4.78 is 13.5. The third-order valence-corrected chi connectivity index (χ3v) is 2.82. The van der Waals surface area contributed by atoms with E-state index in [0.717, 1.165) is 30.6 Å². The third kappa shape index (κ3) is 11.4. The van der Waals surface area contributed by atoms with Crippen molar-refractivity contribution in [1.82, 2.24) is 4.90 Å². The van der Waals surface area contributed by atoms with Gasteiger partial charge in [0.2, 0.25) is 5.91 Å². The molecule has 0 saturated carbocycles. The Hall–Kier alpha value is -0.130. The second-order valence-corrected chi connectivity index (χ2v) is 4.43. The zero-order chi connectivity index (χ0) is 14.0. The summed E-state index contributed by atoms with van der Waals surface area (Å²) >= 11 is 0. The Labute approximate surface area is 137 Å². The number of likely N-dealkylation sites (N-methyl/N-ethyl adjacent to an activating group) is 1. The molecule has 0 bridgehead atoms. The van der Waals surface area contributed by atoms with Gasteiger partial charge in [0, 0.05) is 6.54 Å². The number of alkyl halides is 1. The summed E-state index contributed by atoms with van der Waals surface area (Å²) in [6, 6.07) is 0. The van der Waals surface area contributed by atoms with E-state index >= 15 is 0 Å². The standard InChI is InChI=1S/C13H24FNO3.Na/c1-3-5-6-7-8-11(14)9-12(16)15(4-2)10-13(17)18;/h11H,3-10H2,1-2H3,(H,17,18);/q;+1/p-1. The fourth-order valence-corrected chi connectivity index (χ4v) is 1.75. The molecule has 1 amide bonds. The SMILES string of the molecule is CCCCCCC(F)CC(=O)N(CC)CC(=O)[O-].[Na+]. The van der Waals surface area contributed by atoms with E-state index in [1.165, 1.54) is 0 Å². The van der Waals surface area contributed by atoms with Crippen LogP contribution in [0.5, 0.6) is 0 Å². The first-order valence-corrected chi connectivity index (χ1v) is 6.62. The van der Waals surface area contributed by atoms with E-state index in [1.54, 1.807) is 6.92 Å². The van der Waals surface area contributed by atoms with Crippen molar-refractivity contribution >= 4 is 11.9 Å². The fraction of sp³-hybridized carbons (Fsp3) is 0.846. The van der Waals surface area contributed by atoms with Crippen molar-refractivity contribution in [3.8, 4) is 0 Å². The van der Waals surface area contributed by atoms with Crippen LogP contribution >= 0.6 is 0 Å². The Morgan fingerprint density at radius 1 is 1.21 bits per heavy atom. The number of carbonyl (C=O) groups excluding carboxylic acids is 2. The van der Waals surface area contributed by atoms with Crippen LogP contribution in [0.1, 0.15) is 52.4 Å². The maximum atomic E-state index is 13.5. The predicted octanol–water partition coefficient (Wildman–Crippen LogP) is -1.71. The molecule has 0 fully saturated rings. The van der Waals surface area contributed by atoms with Crippen molar-refractivity contribution in [1.29, 1.82) is 0 Å². The quantitative estimate of drug-likeness (QED) is 0.354. The van der Waals surface area contributed by atoms with Gasteiger partial charge in [-0.25, -0.2) is 4.39 Å². The summed E-state index contributed by atoms with van der Waals surface area (Å²) in [7, 11) is 0. The smallest absolute Gasteiger partial charge is 0.548 e. The van der Waals surface area contributed by atoms with Gasteiger partial charge in [0.15, 0.2) is 0 Å². The topological polar surface area (TPSA) is 60.4 Å². The van der Waals surface area contributed by atoms with Gasteiger partial charge < -0.3 is 14.8 Å². The summed E-state index contributed by atoms with van der Waals surface area (Å²) in [6.45, 7) is 3.54. The molecule has 1 atom stereocenters. The molecule has 0 heterocycles. The molecule has 0 aromatic rings. The number of hydrogen-bond acceptors (Lipinski definition) is 3. The minimum absolute atomic E-state index is 0. The molecule has 0 aliphatic heterocycles. The van der Waals surface area contributed by atoms with Crippen LogP contribution < -0.4 is 34.7 Å². The maximum Gasteiger partial charge on any atom is 1.00 e. The Balaban J connectivity index is 0. The number of unbranched alkanes of at least 4 members (excludes halogenated alkanes) is 3. The van der Waals surface area contributed by atoms with E-state index in [4.69, 9.17) is 0 Å². The van der Waals surface area contributed by atoms with E-state index in [2.05, 4.69) is 6.92 Å². The Morgan fingerprint density at radius 2 is 1.84 bits per heavy atom. The molecule has 1 unspecified atom stereocenters. The van der Waals surface area contributed by atoms with E-state index in [9.17, 15) is 19.1 Å². The molecule has 0 aromatic carbocycles. The Morgan fingerprint density at radius 3 is 2.32 bits per heavy atom. The number of nitrogens with zero attached hydrogens (tertiary/aromatic N) is 1. The van der Waals surface area contributed by atoms with Crippen LogP contribution in [0.4, 0.5) is 4.39 Å². The van der Waals surface area contributed by atoms with Crippen LogP contribution in [-0.4, -0.2) is 36.0 Å². The Bertz CT molecular complexity index is 264. The summed E-state index contributed by atoms with van der Waals surface area (Å²) in [5.74, 6) is -1.77. The van der Waals surface area contributed by atoms with E-state index in [1.807, 2.05) is 0 Å². The molecule has 4 nitrogen and oxygen atoms in total. The Kier molecular flexibility index (Phi) is 14.4. The normalized spacial score (nSPS) is 11.5. The van der Waals surface area contributed by atoms with Gasteiger partial charge in [-0.15, -0.1) is 0 Å². The molecule has 0 rings (SSSR count). The van der Waals surface area contributed by atoms with Crippen molar-refractivity contribution in [2.45, 2.75) is 58.5 Å². The molecule has 0 saturated heterocycles. The molecule has 0 spiro atoms. The van der Waals surface area contributed by atoms with Gasteiger partial charge in [-0.05, 0) is 13.3 Å². The maximum absolute atomic E-state index is 13.5. The second kappa shape index (κ2) is 12.9. The van der Waals surface area contributed by atoms with Crippen molar-refractivity contribution < 1.29 is 48.6 Å². The zero-order valence-electron chi connectivity index (χ0n) is 12.3. The second-order valence-electron chi connectivity index (χ2n) is 4.43. The van der Waals surface area contributed by atoms with Crippen molar-refractivity contribution in [2.24, 2.45) is 0 Å². The molecule has 6 heteroatoms. The fourth-order valence-electron chi connectivity index (χ4n) is 1.75. The van der Waals surface area contributed by atoms with Crippen molar-refractivity contribution in [3.05, 3.63) is 0 Å². The van der Waals surface area contributed by atoms with E-state index < -0.39 is 24.6 Å². The van der Waals surface area contributed by atoms with Gasteiger partial charge in [-0.2, -0.15) is 0 Å². The molecule has 0 aliphatic rings. The monoisotopic (exact) mass is 283 g/mol. The van der Waals surface area contributed by atoms with Crippen LogP contribution in [0.3, 0.4) is 0 Å². The molecule has 0 radical (unpaired) electrons. The summed E-state index contributed by atoms with van der Waals surface area (Å²) in [4.78, 5) is 23.1. The van der Waals surface area contributed by atoms with Gasteiger partial charge >= 0.3 is 29.6 Å². The molecule has 0 N–H and O–H groups in total. The van der Waals surface area contributed by atoms with Crippen LogP contribution in [0.2, 0.25) is 0 Å². The van der Waals surface area contributed by atoms with Crippen molar-refractivity contribution in [2.75, 3.05) is 13.1 Å². The number of hydrogen-bond donors (Lipinski definition) is 0. The number of carboxylic acid groups (broad SMARTS) is 1. The molecular formula is C13H23FNNaO3. The van der Waals surface area contributed by atoms with E-state index in [0.29, 0.717) is 6.42 Å². The van der Waals surface area contributed by atoms with Gasteiger partial charge in [-0.1, -0.05) is 32.6 Å². The average molecular weight is 283 g/mol. The van der Waals surface area contributed by atoms with Gasteiger partial charge in [0.25, 0.3) is 0 Å². The summed E-state index contributed by atoms with van der Waals surface area (Å²) in [6.07, 6.45) is 2.88. The number of carbonyl (C=O) groups is 2. The predicted molar refractivity (Wildman–Crippen MR) is 65.5 cm³/mol. The first-order chi connectivity index (χ1) is 8.51. The minimum atomic E-state index is -1.32. The van der Waals surface area contributed by atoms with Crippen molar-refractivity contribution in [3.63, 3.8) is 0 Å². The average Bonchev–Trinajstić information content (AvgIpc) is 2.31. The van der Waals surface area contributed by atoms with Crippen LogP contribution in [-0.2, 0) is 9.59 Å². The zero-order valence-corrected chi connectivity index (χ0v) is 14.3. The van der Waals surface area contributed by atoms with Gasteiger partial charge in [0.05, 0.1) is 18.9 Å². The first kappa shape index (κ1) is 21.2. The number of halogens is 1. The molecular weight excluding hydrogens is 260 g/mol. The summed E-state index contributed by atoms with van der Waals surface area (Å²) in [5, 5.41) is 10.4. The molecule has 106 valence electrons. The largest absolute Gasteiger partial charge is 1.00 e. The number of carboxylic acids is 1. The molecule has 0 aliphatic carbocycles. The van der Waals surface area contributed by atoms with Gasteiger partial charge in [-0.3, -0.25) is 4.79 Å². The number of aliphatic carboxylic acids is 1. The van der Waals surface area contributed by atoms with Crippen LogP contribution in [0, 0.1) is 0 Å². The number of amides is 1. The van der Waals surface area contributed by atoms with Crippen LogP contribution in [0.25, 0.3) is 0 Å². The minimum Gasteiger partial charge on any atom is -0.548 e. The van der Waals surface area contributed by atoms with Gasteiger partial charge in [0.1, 0.15) is 6.17 Å².